The fraction of sp³-hybridized carbons (Fsp3) is 0.455. The van der Waals surface area contributed by atoms with E-state index in [4.69, 9.17) is 0 Å². The Morgan fingerprint density at radius 3 is 2.85 bits per heavy atom. The van der Waals surface area contributed by atoms with Crippen LogP contribution < -0.4 is 0 Å². The van der Waals surface area contributed by atoms with Gasteiger partial charge in [0.1, 0.15) is 5.84 Å². The fourth-order valence-electron chi connectivity index (χ4n) is 1.09. The van der Waals surface area contributed by atoms with Crippen LogP contribution in [0.5, 0.6) is 0 Å². The molecule has 1 unspecified atom stereocenters. The van der Waals surface area contributed by atoms with E-state index in [1.54, 1.807) is 0 Å². The van der Waals surface area contributed by atoms with Crippen LogP contribution in [0.3, 0.4) is 0 Å². The highest BCUT2D eigenvalue weighted by Gasteiger charge is 2.09. The molecule has 0 amide bonds. The Bertz CT molecular complexity index is 306. The first kappa shape index (κ1) is 9.90. The van der Waals surface area contributed by atoms with Gasteiger partial charge in [-0.15, -0.1) is 0 Å². The molecule has 0 aliphatic carbocycles. The summed E-state index contributed by atoms with van der Waals surface area (Å²) >= 11 is 0. The molecule has 0 bridgehead atoms. The summed E-state index contributed by atoms with van der Waals surface area (Å²) in [5.41, 5.74) is 2.34. The maximum absolute atomic E-state index is 4.39. The minimum absolute atomic E-state index is 0.332. The maximum atomic E-state index is 4.39. The summed E-state index contributed by atoms with van der Waals surface area (Å²) in [5, 5.41) is 0. The van der Waals surface area contributed by atoms with E-state index in [9.17, 15) is 0 Å². The van der Waals surface area contributed by atoms with Gasteiger partial charge in [0.2, 0.25) is 0 Å². The van der Waals surface area contributed by atoms with Gasteiger partial charge in [-0.2, -0.15) is 0 Å². The zero-order valence-corrected chi connectivity index (χ0v) is 8.70. The molecule has 2 nitrogen and oxygen atoms in total. The van der Waals surface area contributed by atoms with Crippen molar-refractivity contribution in [2.75, 3.05) is 0 Å². The molecule has 13 heavy (non-hydrogen) atoms. The van der Waals surface area contributed by atoms with Crippen molar-refractivity contribution >= 4 is 12.1 Å². The third-order valence-electron chi connectivity index (χ3n) is 2.07. The van der Waals surface area contributed by atoms with Crippen molar-refractivity contribution in [3.8, 4) is 0 Å². The molecule has 2 heteroatoms. The number of rotatable bonds is 1. The molecule has 1 rings (SSSR count). The first-order valence-corrected chi connectivity index (χ1v) is 4.57. The lowest BCUT2D eigenvalue weighted by molar-refractivity contribution is 0.899. The number of amidine groups is 1. The number of hydrogen-bond acceptors (Lipinski definition) is 2. The van der Waals surface area contributed by atoms with Crippen molar-refractivity contribution in [3.63, 3.8) is 0 Å². The van der Waals surface area contributed by atoms with E-state index in [1.807, 2.05) is 20.1 Å². The molecule has 0 saturated carbocycles. The van der Waals surface area contributed by atoms with Crippen LogP contribution in [0.2, 0.25) is 0 Å². The third-order valence-corrected chi connectivity index (χ3v) is 2.07. The second-order valence-corrected chi connectivity index (χ2v) is 3.33. The van der Waals surface area contributed by atoms with Gasteiger partial charge in [-0.3, -0.25) is 0 Å². The topological polar surface area (TPSA) is 24.7 Å². The molecule has 1 atom stereocenters. The average molecular weight is 176 g/mol. The number of nitrogens with zero attached hydrogens (tertiary/aromatic N) is 2. The molecule has 70 valence electrons. The highest BCUT2D eigenvalue weighted by molar-refractivity contribution is 5.92. The highest BCUT2D eigenvalue weighted by Crippen LogP contribution is 2.16. The molecule has 1 aliphatic heterocycles. The van der Waals surface area contributed by atoms with Crippen LogP contribution in [0.15, 0.2) is 33.4 Å². The molecular formula is C11H16N2. The van der Waals surface area contributed by atoms with Crippen molar-refractivity contribution in [3.05, 3.63) is 23.4 Å². The van der Waals surface area contributed by atoms with Crippen LogP contribution in [-0.4, -0.2) is 12.1 Å². The SMILES string of the molecule is C/C=C(C)\C=C1\N=C(C)N=CC1C. The summed E-state index contributed by atoms with van der Waals surface area (Å²) in [4.78, 5) is 8.55. The van der Waals surface area contributed by atoms with E-state index >= 15 is 0 Å². The van der Waals surface area contributed by atoms with E-state index in [2.05, 4.69) is 36.0 Å². The molecule has 0 aromatic carbocycles. The average Bonchev–Trinajstić information content (AvgIpc) is 2.11. The molecule has 1 aliphatic rings. The quantitative estimate of drug-likeness (QED) is 0.587. The summed E-state index contributed by atoms with van der Waals surface area (Å²) in [5.74, 6) is 1.17. The highest BCUT2D eigenvalue weighted by atomic mass is 14.9. The van der Waals surface area contributed by atoms with Gasteiger partial charge in [0.25, 0.3) is 0 Å². The molecule has 0 N–H and O–H groups in total. The lowest BCUT2D eigenvalue weighted by atomic mass is 10.1. The van der Waals surface area contributed by atoms with Crippen molar-refractivity contribution in [2.24, 2.45) is 15.9 Å². The monoisotopic (exact) mass is 176 g/mol. The van der Waals surface area contributed by atoms with Gasteiger partial charge in [-0.05, 0) is 26.8 Å². The zero-order valence-electron chi connectivity index (χ0n) is 8.70. The van der Waals surface area contributed by atoms with Gasteiger partial charge in [0, 0.05) is 12.1 Å². The Hall–Kier alpha value is -1.18. The molecule has 0 aromatic heterocycles. The summed E-state index contributed by atoms with van der Waals surface area (Å²) in [6.07, 6.45) is 6.13. The lowest BCUT2D eigenvalue weighted by Crippen LogP contribution is -2.07. The Labute approximate surface area is 79.8 Å². The van der Waals surface area contributed by atoms with Crippen molar-refractivity contribution in [1.29, 1.82) is 0 Å². The largest absolute Gasteiger partial charge is 0.245 e. The van der Waals surface area contributed by atoms with E-state index in [0.29, 0.717) is 5.92 Å². The first-order valence-electron chi connectivity index (χ1n) is 4.57. The molecule has 0 fully saturated rings. The van der Waals surface area contributed by atoms with E-state index in [1.165, 1.54) is 5.57 Å². The Kier molecular flexibility index (Phi) is 3.18. The molecule has 0 aromatic rings. The number of hydrogen-bond donors (Lipinski definition) is 0. The standard InChI is InChI=1S/C11H16N2/c1-5-8(2)6-11-9(3)7-12-10(4)13-11/h5-7,9H,1-4H3/b8-5-,11-6+. The summed E-state index contributed by atoms with van der Waals surface area (Å²) in [6, 6.07) is 0. The van der Waals surface area contributed by atoms with Gasteiger partial charge < -0.3 is 0 Å². The van der Waals surface area contributed by atoms with Crippen LogP contribution in [0.1, 0.15) is 27.7 Å². The van der Waals surface area contributed by atoms with E-state index in [-0.39, 0.29) is 0 Å². The fourth-order valence-corrected chi connectivity index (χ4v) is 1.09. The predicted octanol–water partition coefficient (Wildman–Crippen LogP) is 2.98. The summed E-state index contributed by atoms with van der Waals surface area (Å²) in [6.45, 7) is 8.14. The number of allylic oxidation sites excluding steroid dienone is 4. The van der Waals surface area contributed by atoms with Gasteiger partial charge in [0.05, 0.1) is 5.70 Å². The minimum atomic E-state index is 0.332. The van der Waals surface area contributed by atoms with Crippen LogP contribution in [0.4, 0.5) is 0 Å². The second kappa shape index (κ2) is 4.17. The summed E-state index contributed by atoms with van der Waals surface area (Å²) < 4.78 is 0. The number of aliphatic imine (C=N–C) groups is 2. The lowest BCUT2D eigenvalue weighted by Gasteiger charge is -2.12. The molecule has 0 saturated heterocycles. The maximum Gasteiger partial charge on any atom is 0.125 e. The summed E-state index contributed by atoms with van der Waals surface area (Å²) in [7, 11) is 0. The van der Waals surface area contributed by atoms with Crippen molar-refractivity contribution in [1.82, 2.24) is 0 Å². The Morgan fingerprint density at radius 2 is 2.23 bits per heavy atom. The first-order chi connectivity index (χ1) is 6.13. The predicted molar refractivity (Wildman–Crippen MR) is 58.3 cm³/mol. The normalized spacial score (nSPS) is 26.5. The van der Waals surface area contributed by atoms with Crippen LogP contribution in [-0.2, 0) is 0 Å². The van der Waals surface area contributed by atoms with Crippen LogP contribution in [0.25, 0.3) is 0 Å². The smallest absolute Gasteiger partial charge is 0.125 e. The van der Waals surface area contributed by atoms with Crippen LogP contribution >= 0.6 is 0 Å². The zero-order chi connectivity index (χ0) is 9.84. The van der Waals surface area contributed by atoms with Gasteiger partial charge in [-0.1, -0.05) is 18.6 Å². The van der Waals surface area contributed by atoms with Crippen molar-refractivity contribution in [2.45, 2.75) is 27.7 Å². The molecule has 1 heterocycles. The Morgan fingerprint density at radius 1 is 1.54 bits per heavy atom. The molecule has 0 spiro atoms. The van der Waals surface area contributed by atoms with E-state index in [0.717, 1.165) is 11.5 Å². The van der Waals surface area contributed by atoms with Crippen molar-refractivity contribution < 1.29 is 0 Å². The minimum Gasteiger partial charge on any atom is -0.245 e. The van der Waals surface area contributed by atoms with Gasteiger partial charge >= 0.3 is 0 Å². The van der Waals surface area contributed by atoms with E-state index < -0.39 is 0 Å². The second-order valence-electron chi connectivity index (χ2n) is 3.33. The van der Waals surface area contributed by atoms with Gasteiger partial charge in [0.15, 0.2) is 0 Å². The molecule has 0 radical (unpaired) electrons. The third kappa shape index (κ3) is 2.65. The van der Waals surface area contributed by atoms with Crippen LogP contribution in [0, 0.1) is 5.92 Å². The van der Waals surface area contributed by atoms with Gasteiger partial charge in [-0.25, -0.2) is 9.98 Å². The molecular weight excluding hydrogens is 160 g/mol. The Balaban J connectivity index is 2.92.